The normalized spacial score (nSPS) is 11.4. The van der Waals surface area contributed by atoms with Crippen molar-refractivity contribution in [1.29, 1.82) is 0 Å². The Bertz CT molecular complexity index is 415. The highest BCUT2D eigenvalue weighted by Crippen LogP contribution is 2.35. The van der Waals surface area contributed by atoms with Crippen molar-refractivity contribution in [2.24, 2.45) is 9.98 Å². The van der Waals surface area contributed by atoms with E-state index in [4.69, 9.17) is 0 Å². The zero-order chi connectivity index (χ0) is 11.3. The summed E-state index contributed by atoms with van der Waals surface area (Å²) in [5.74, 6) is 0. The third-order valence-corrected chi connectivity index (χ3v) is 2.12. The van der Waals surface area contributed by atoms with Crippen LogP contribution in [0.5, 0.6) is 0 Å². The van der Waals surface area contributed by atoms with Crippen molar-refractivity contribution >= 4 is 29.9 Å². The summed E-state index contributed by atoms with van der Waals surface area (Å²) < 4.78 is 0. The molecule has 78 valence electrons. The van der Waals surface area contributed by atoms with Gasteiger partial charge in [0.1, 0.15) is 0 Å². The van der Waals surface area contributed by atoms with Gasteiger partial charge in [-0.15, -0.1) is 0 Å². The summed E-state index contributed by atoms with van der Waals surface area (Å²) in [6.07, 6.45) is 5.36. The van der Waals surface area contributed by atoms with Crippen molar-refractivity contribution in [3.05, 3.63) is 29.8 Å². The lowest BCUT2D eigenvalue weighted by Crippen LogP contribution is -1.81. The first kappa shape index (κ1) is 11.4. The fourth-order valence-corrected chi connectivity index (χ4v) is 1.42. The lowest BCUT2D eigenvalue weighted by molar-refractivity contribution is 1.36. The van der Waals surface area contributed by atoms with Gasteiger partial charge < -0.3 is 0 Å². The van der Waals surface area contributed by atoms with Crippen LogP contribution in [0.3, 0.4) is 0 Å². The first-order valence-electron chi connectivity index (χ1n) is 4.98. The molecule has 0 spiro atoms. The molecule has 2 nitrogen and oxygen atoms in total. The maximum atomic E-state index is 4.35. The van der Waals surface area contributed by atoms with Crippen LogP contribution in [0.15, 0.2) is 28.7 Å². The van der Waals surface area contributed by atoms with E-state index in [1.165, 1.54) is 0 Å². The van der Waals surface area contributed by atoms with Gasteiger partial charge >= 0.3 is 0 Å². The summed E-state index contributed by atoms with van der Waals surface area (Å²) in [6.45, 7) is 9.61. The minimum Gasteiger partial charge on any atom is -0.259 e. The summed E-state index contributed by atoms with van der Waals surface area (Å²) in [5, 5.41) is 0. The van der Waals surface area contributed by atoms with Crippen molar-refractivity contribution in [3.8, 4) is 0 Å². The maximum Gasteiger partial charge on any atom is 0.0956 e. The predicted octanol–water partition coefficient (Wildman–Crippen LogP) is 4.08. The molecule has 0 atom stereocenters. The van der Waals surface area contributed by atoms with Crippen LogP contribution in [0, 0.1) is 6.92 Å². The minimum absolute atomic E-state index is 0.894. The lowest BCUT2D eigenvalue weighted by atomic mass is 10.1. The zero-order valence-electron chi connectivity index (χ0n) is 9.49. The van der Waals surface area contributed by atoms with E-state index in [0.717, 1.165) is 22.5 Å². The van der Waals surface area contributed by atoms with Crippen LogP contribution < -0.4 is 0 Å². The van der Waals surface area contributed by atoms with Crippen LogP contribution in [0.25, 0.3) is 6.08 Å². The average molecular weight is 200 g/mol. The standard InChI is InChI=1S/C13H16N2/c1-5-11-9-8-10(4)12(14-6-2)13(11)15-7-3/h5-9H,1H2,2-4H3. The van der Waals surface area contributed by atoms with Crippen LogP contribution in [-0.4, -0.2) is 12.4 Å². The highest BCUT2D eigenvalue weighted by atomic mass is 14.8. The van der Waals surface area contributed by atoms with Gasteiger partial charge in [-0.2, -0.15) is 0 Å². The summed E-state index contributed by atoms with van der Waals surface area (Å²) in [4.78, 5) is 8.69. The summed E-state index contributed by atoms with van der Waals surface area (Å²) in [7, 11) is 0. The largest absolute Gasteiger partial charge is 0.259 e. The van der Waals surface area contributed by atoms with Gasteiger partial charge in [-0.05, 0) is 26.3 Å². The molecule has 0 unspecified atom stereocenters. The van der Waals surface area contributed by atoms with E-state index in [9.17, 15) is 0 Å². The average Bonchev–Trinajstić information content (AvgIpc) is 2.24. The molecule has 2 heteroatoms. The summed E-state index contributed by atoms with van der Waals surface area (Å²) >= 11 is 0. The van der Waals surface area contributed by atoms with E-state index in [1.54, 1.807) is 18.5 Å². The quantitative estimate of drug-likeness (QED) is 0.657. The summed E-state index contributed by atoms with van der Waals surface area (Å²) in [6, 6.07) is 4.05. The molecule has 0 amide bonds. The Morgan fingerprint density at radius 3 is 2.20 bits per heavy atom. The van der Waals surface area contributed by atoms with Gasteiger partial charge in [0.2, 0.25) is 0 Å². The number of rotatable bonds is 3. The number of benzene rings is 1. The highest BCUT2D eigenvalue weighted by Gasteiger charge is 2.06. The molecule has 0 aliphatic heterocycles. The van der Waals surface area contributed by atoms with Crippen molar-refractivity contribution in [3.63, 3.8) is 0 Å². The highest BCUT2D eigenvalue weighted by molar-refractivity contribution is 5.82. The molecule has 0 N–H and O–H groups in total. The fourth-order valence-electron chi connectivity index (χ4n) is 1.42. The smallest absolute Gasteiger partial charge is 0.0956 e. The number of hydrogen-bond donors (Lipinski definition) is 0. The van der Waals surface area contributed by atoms with Crippen molar-refractivity contribution in [1.82, 2.24) is 0 Å². The molecule has 1 aromatic rings. The number of hydrogen-bond acceptors (Lipinski definition) is 2. The number of aliphatic imine (C=N–C) groups is 2. The van der Waals surface area contributed by atoms with Gasteiger partial charge in [-0.25, -0.2) is 0 Å². The second-order valence-corrected chi connectivity index (χ2v) is 3.15. The Labute approximate surface area is 91.1 Å². The van der Waals surface area contributed by atoms with Crippen LogP contribution >= 0.6 is 0 Å². The number of nitrogens with zero attached hydrogens (tertiary/aromatic N) is 2. The molecule has 0 fully saturated rings. The molecule has 1 aromatic carbocycles. The van der Waals surface area contributed by atoms with Gasteiger partial charge in [0.25, 0.3) is 0 Å². The van der Waals surface area contributed by atoms with E-state index in [-0.39, 0.29) is 0 Å². The van der Waals surface area contributed by atoms with Crippen LogP contribution in [-0.2, 0) is 0 Å². The third-order valence-electron chi connectivity index (χ3n) is 2.12. The zero-order valence-corrected chi connectivity index (χ0v) is 9.49. The Morgan fingerprint density at radius 2 is 1.67 bits per heavy atom. The molecule has 0 aromatic heterocycles. The van der Waals surface area contributed by atoms with Crippen molar-refractivity contribution in [2.75, 3.05) is 0 Å². The molecule has 0 aliphatic carbocycles. The first-order chi connectivity index (χ1) is 7.24. The second-order valence-electron chi connectivity index (χ2n) is 3.15. The molecular formula is C13H16N2. The molecule has 0 heterocycles. The molecule has 0 radical (unpaired) electrons. The molecule has 0 bridgehead atoms. The third kappa shape index (κ3) is 2.40. The van der Waals surface area contributed by atoms with Crippen molar-refractivity contribution < 1.29 is 0 Å². The molecular weight excluding hydrogens is 184 g/mol. The van der Waals surface area contributed by atoms with Gasteiger partial charge in [0, 0.05) is 18.0 Å². The molecule has 1 rings (SSSR count). The SMILES string of the molecule is C=Cc1ccc(C)c(N=CC)c1N=CC. The Kier molecular flexibility index (Phi) is 3.98. The monoisotopic (exact) mass is 200 g/mol. The van der Waals surface area contributed by atoms with Gasteiger partial charge in [0.05, 0.1) is 11.4 Å². The van der Waals surface area contributed by atoms with E-state index in [0.29, 0.717) is 0 Å². The first-order valence-corrected chi connectivity index (χ1v) is 4.98. The van der Waals surface area contributed by atoms with Gasteiger partial charge in [-0.3, -0.25) is 9.98 Å². The van der Waals surface area contributed by atoms with E-state index in [1.807, 2.05) is 32.9 Å². The minimum atomic E-state index is 0.894. The topological polar surface area (TPSA) is 24.7 Å². The molecule has 0 saturated heterocycles. The Balaban J connectivity index is 3.49. The van der Waals surface area contributed by atoms with Crippen molar-refractivity contribution in [2.45, 2.75) is 20.8 Å². The molecule has 0 aliphatic rings. The van der Waals surface area contributed by atoms with Crippen LogP contribution in [0.2, 0.25) is 0 Å². The molecule has 0 saturated carbocycles. The second kappa shape index (κ2) is 5.25. The number of aryl methyl sites for hydroxylation is 1. The molecule has 15 heavy (non-hydrogen) atoms. The predicted molar refractivity (Wildman–Crippen MR) is 68.9 cm³/mol. The summed E-state index contributed by atoms with van der Waals surface area (Å²) in [5.41, 5.74) is 3.96. The lowest BCUT2D eigenvalue weighted by Gasteiger charge is -2.07. The van der Waals surface area contributed by atoms with Crippen LogP contribution in [0.4, 0.5) is 11.4 Å². The maximum absolute atomic E-state index is 4.35. The van der Waals surface area contributed by atoms with E-state index < -0.39 is 0 Å². The van der Waals surface area contributed by atoms with Gasteiger partial charge in [0.15, 0.2) is 0 Å². The Morgan fingerprint density at radius 1 is 1.07 bits per heavy atom. The fraction of sp³-hybridized carbons (Fsp3) is 0.231. The Hall–Kier alpha value is -1.70. The van der Waals surface area contributed by atoms with E-state index >= 15 is 0 Å². The van der Waals surface area contributed by atoms with E-state index in [2.05, 4.69) is 16.6 Å². The van der Waals surface area contributed by atoms with Gasteiger partial charge in [-0.1, -0.05) is 24.8 Å². The van der Waals surface area contributed by atoms with Crippen LogP contribution in [0.1, 0.15) is 25.0 Å².